The van der Waals surface area contributed by atoms with Gasteiger partial charge < -0.3 is 4.74 Å². The quantitative estimate of drug-likeness (QED) is 0.549. The van der Waals surface area contributed by atoms with Crippen LogP contribution >= 0.6 is 15.9 Å². The second kappa shape index (κ2) is 8.60. The first-order valence-electron chi connectivity index (χ1n) is 7.38. The maximum absolute atomic E-state index is 5.72. The van der Waals surface area contributed by atoms with E-state index in [-0.39, 0.29) is 0 Å². The Morgan fingerprint density at radius 1 is 1.00 bits per heavy atom. The summed E-state index contributed by atoms with van der Waals surface area (Å²) in [5, 5.41) is 1.06. The van der Waals surface area contributed by atoms with Gasteiger partial charge in [-0.05, 0) is 56.5 Å². The molecule has 0 N–H and O–H groups in total. The molecule has 106 valence electrons. The second-order valence-electron chi connectivity index (χ2n) is 5.23. The van der Waals surface area contributed by atoms with Crippen molar-refractivity contribution in [1.29, 1.82) is 0 Å². The van der Waals surface area contributed by atoms with Crippen LogP contribution in [-0.4, -0.2) is 29.9 Å². The molecule has 0 amide bonds. The minimum atomic E-state index is 0.817. The molecule has 1 aliphatic heterocycles. The minimum Gasteiger partial charge on any atom is -0.494 e. The van der Waals surface area contributed by atoms with Gasteiger partial charge in [-0.1, -0.05) is 34.5 Å². The molecular formula is C16H24BrNO. The number of alkyl halides is 1. The molecule has 19 heavy (non-hydrogen) atoms. The van der Waals surface area contributed by atoms with Gasteiger partial charge >= 0.3 is 0 Å². The van der Waals surface area contributed by atoms with E-state index in [9.17, 15) is 0 Å². The lowest BCUT2D eigenvalue weighted by Crippen LogP contribution is -2.28. The minimum absolute atomic E-state index is 0.817. The van der Waals surface area contributed by atoms with Gasteiger partial charge in [0.05, 0.1) is 6.61 Å². The fraction of sp³-hybridized carbons (Fsp3) is 0.625. The fourth-order valence-corrected chi connectivity index (χ4v) is 2.85. The highest BCUT2D eigenvalue weighted by molar-refractivity contribution is 9.09. The van der Waals surface area contributed by atoms with E-state index in [0.717, 1.165) is 30.7 Å². The lowest BCUT2D eigenvalue weighted by molar-refractivity contribution is 0.221. The summed E-state index contributed by atoms with van der Waals surface area (Å²) in [4.78, 5) is 2.55. The monoisotopic (exact) mass is 325 g/mol. The average Bonchev–Trinajstić information content (AvgIpc) is 2.46. The molecule has 1 saturated heterocycles. The summed E-state index contributed by atoms with van der Waals surface area (Å²) in [6.45, 7) is 4.41. The molecule has 0 aliphatic carbocycles. The summed E-state index contributed by atoms with van der Waals surface area (Å²) in [5.74, 6) is 0.997. The molecule has 0 radical (unpaired) electrons. The summed E-state index contributed by atoms with van der Waals surface area (Å²) in [6, 6.07) is 8.61. The normalized spacial score (nSPS) is 16.5. The van der Waals surface area contributed by atoms with Crippen LogP contribution < -0.4 is 4.74 Å². The van der Waals surface area contributed by atoms with E-state index in [4.69, 9.17) is 4.74 Å². The van der Waals surface area contributed by atoms with Crippen molar-refractivity contribution in [2.45, 2.75) is 38.6 Å². The predicted octanol–water partition coefficient (Wildman–Crippen LogP) is 4.23. The van der Waals surface area contributed by atoms with Gasteiger partial charge in [-0.15, -0.1) is 0 Å². The smallest absolute Gasteiger partial charge is 0.119 e. The van der Waals surface area contributed by atoms with Crippen LogP contribution in [-0.2, 0) is 6.54 Å². The Kier molecular flexibility index (Phi) is 6.72. The summed E-state index contributed by atoms with van der Waals surface area (Å²) in [5.41, 5.74) is 1.40. The van der Waals surface area contributed by atoms with Gasteiger partial charge in [0.25, 0.3) is 0 Å². The number of unbranched alkanes of at least 4 members (excludes halogenated alkanes) is 1. The fourth-order valence-electron chi connectivity index (χ4n) is 2.45. The van der Waals surface area contributed by atoms with E-state index in [0.29, 0.717) is 0 Å². The number of rotatable bonds is 7. The third kappa shape index (κ3) is 5.53. The molecule has 0 aromatic heterocycles. The van der Waals surface area contributed by atoms with E-state index in [1.165, 1.54) is 44.3 Å². The molecule has 2 nitrogen and oxygen atoms in total. The van der Waals surface area contributed by atoms with Crippen LogP contribution in [0.25, 0.3) is 0 Å². The number of nitrogens with zero attached hydrogens (tertiary/aromatic N) is 1. The first kappa shape index (κ1) is 14.9. The van der Waals surface area contributed by atoms with E-state index in [1.54, 1.807) is 0 Å². The second-order valence-corrected chi connectivity index (χ2v) is 6.02. The largest absolute Gasteiger partial charge is 0.494 e. The van der Waals surface area contributed by atoms with Gasteiger partial charge in [-0.25, -0.2) is 0 Å². The Morgan fingerprint density at radius 2 is 1.74 bits per heavy atom. The van der Waals surface area contributed by atoms with Gasteiger partial charge in [-0.2, -0.15) is 0 Å². The lowest BCUT2D eigenvalue weighted by atomic mass is 10.1. The van der Waals surface area contributed by atoms with Gasteiger partial charge in [0.15, 0.2) is 0 Å². The Labute approximate surface area is 125 Å². The van der Waals surface area contributed by atoms with Crippen LogP contribution in [0.1, 0.15) is 37.7 Å². The third-order valence-corrected chi connectivity index (χ3v) is 4.14. The summed E-state index contributed by atoms with van der Waals surface area (Å²) < 4.78 is 5.72. The molecular weight excluding hydrogens is 302 g/mol. The number of benzene rings is 1. The Bertz CT molecular complexity index is 346. The molecule has 1 aromatic rings. The summed E-state index contributed by atoms with van der Waals surface area (Å²) >= 11 is 3.43. The van der Waals surface area contributed by atoms with Crippen LogP contribution in [0.3, 0.4) is 0 Å². The van der Waals surface area contributed by atoms with Crippen molar-refractivity contribution < 1.29 is 4.74 Å². The van der Waals surface area contributed by atoms with Crippen LogP contribution in [0.4, 0.5) is 0 Å². The lowest BCUT2D eigenvalue weighted by Gasteiger charge is -2.26. The molecule has 1 aliphatic rings. The van der Waals surface area contributed by atoms with E-state index < -0.39 is 0 Å². The van der Waals surface area contributed by atoms with Gasteiger partial charge in [-0.3, -0.25) is 4.90 Å². The van der Waals surface area contributed by atoms with Crippen molar-refractivity contribution in [3.05, 3.63) is 29.8 Å². The first-order chi connectivity index (χ1) is 9.38. The Hall–Kier alpha value is -0.540. The zero-order chi connectivity index (χ0) is 13.3. The van der Waals surface area contributed by atoms with Crippen molar-refractivity contribution in [2.75, 3.05) is 25.0 Å². The summed E-state index contributed by atoms with van der Waals surface area (Å²) in [6.07, 6.45) is 6.40. The zero-order valence-corrected chi connectivity index (χ0v) is 13.2. The van der Waals surface area contributed by atoms with Crippen LogP contribution in [0.15, 0.2) is 24.3 Å². The maximum Gasteiger partial charge on any atom is 0.119 e. The number of ether oxygens (including phenoxy) is 1. The molecule has 1 fully saturated rings. The van der Waals surface area contributed by atoms with Crippen LogP contribution in [0, 0.1) is 0 Å². The molecule has 3 heteroatoms. The molecule has 0 unspecified atom stereocenters. The number of likely N-dealkylation sites (tertiary alicyclic amines) is 1. The highest BCUT2D eigenvalue weighted by Crippen LogP contribution is 2.16. The van der Waals surface area contributed by atoms with E-state index in [2.05, 4.69) is 45.1 Å². The predicted molar refractivity (Wildman–Crippen MR) is 84.1 cm³/mol. The average molecular weight is 326 g/mol. The van der Waals surface area contributed by atoms with E-state index >= 15 is 0 Å². The molecule has 1 heterocycles. The van der Waals surface area contributed by atoms with Crippen molar-refractivity contribution in [2.24, 2.45) is 0 Å². The Morgan fingerprint density at radius 3 is 2.42 bits per heavy atom. The molecule has 0 saturated carbocycles. The standard InChI is InChI=1S/C16H24BrNO/c17-10-2-5-13-19-16-8-6-15(7-9-16)14-18-11-3-1-4-12-18/h6-9H,1-5,10-14H2. The van der Waals surface area contributed by atoms with Crippen molar-refractivity contribution in [1.82, 2.24) is 4.90 Å². The SMILES string of the molecule is BrCCCCOc1ccc(CN2CCCCC2)cc1. The maximum atomic E-state index is 5.72. The molecule has 2 rings (SSSR count). The topological polar surface area (TPSA) is 12.5 Å². The molecule has 0 bridgehead atoms. The van der Waals surface area contributed by atoms with Gasteiger partial charge in [0, 0.05) is 11.9 Å². The number of hydrogen-bond acceptors (Lipinski definition) is 2. The van der Waals surface area contributed by atoms with Crippen LogP contribution in [0.5, 0.6) is 5.75 Å². The van der Waals surface area contributed by atoms with E-state index in [1.807, 2.05) is 0 Å². The highest BCUT2D eigenvalue weighted by atomic mass is 79.9. The zero-order valence-electron chi connectivity index (χ0n) is 11.6. The Balaban J connectivity index is 1.74. The van der Waals surface area contributed by atoms with Crippen molar-refractivity contribution in [3.63, 3.8) is 0 Å². The number of piperidine rings is 1. The van der Waals surface area contributed by atoms with Gasteiger partial charge in [0.1, 0.15) is 5.75 Å². The van der Waals surface area contributed by atoms with Gasteiger partial charge in [0.2, 0.25) is 0 Å². The first-order valence-corrected chi connectivity index (χ1v) is 8.51. The van der Waals surface area contributed by atoms with Crippen LogP contribution in [0.2, 0.25) is 0 Å². The molecule has 1 aromatic carbocycles. The molecule has 0 atom stereocenters. The summed E-state index contributed by atoms with van der Waals surface area (Å²) in [7, 11) is 0. The number of halogens is 1. The number of hydrogen-bond donors (Lipinski definition) is 0. The van der Waals surface area contributed by atoms with Crippen molar-refractivity contribution in [3.8, 4) is 5.75 Å². The third-order valence-electron chi connectivity index (χ3n) is 3.57. The molecule has 0 spiro atoms. The highest BCUT2D eigenvalue weighted by Gasteiger charge is 2.10. The van der Waals surface area contributed by atoms with Crippen molar-refractivity contribution >= 4 is 15.9 Å².